The van der Waals surface area contributed by atoms with E-state index in [2.05, 4.69) is 4.98 Å². The number of imidazole rings is 1. The highest BCUT2D eigenvalue weighted by atomic mass is 35.5. The van der Waals surface area contributed by atoms with E-state index in [9.17, 15) is 10.1 Å². The molecule has 0 saturated carbocycles. The molecule has 2 aromatic heterocycles. The number of nitrogens with zero attached hydrogens (tertiary/aromatic N) is 3. The maximum atomic E-state index is 10.8. The van der Waals surface area contributed by atoms with Crippen molar-refractivity contribution in [2.75, 3.05) is 0 Å². The number of fused-ring (bicyclic) bond motifs is 1. The van der Waals surface area contributed by atoms with Crippen LogP contribution in [0.1, 0.15) is 0 Å². The molecule has 0 saturated heterocycles. The van der Waals surface area contributed by atoms with E-state index in [1.165, 1.54) is 23.5 Å². The molecule has 0 radical (unpaired) electrons. The quantitative estimate of drug-likeness (QED) is 0.532. The summed E-state index contributed by atoms with van der Waals surface area (Å²) >= 11 is 7.28. The monoisotopic (exact) mass is 279 g/mol. The Kier molecular flexibility index (Phi) is 2.53. The van der Waals surface area contributed by atoms with Gasteiger partial charge in [0.25, 0.3) is 5.69 Å². The molecule has 0 fully saturated rings. The van der Waals surface area contributed by atoms with Crippen LogP contribution in [0.2, 0.25) is 5.02 Å². The molecule has 0 unspecified atom stereocenters. The molecular formula is C11H6ClN3O2S. The zero-order valence-electron chi connectivity index (χ0n) is 8.91. The molecule has 3 aromatic rings. The van der Waals surface area contributed by atoms with Gasteiger partial charge in [0.2, 0.25) is 0 Å². The first kappa shape index (κ1) is 11.2. The second kappa shape index (κ2) is 4.08. The fourth-order valence-electron chi connectivity index (χ4n) is 1.68. The molecule has 2 heterocycles. The van der Waals surface area contributed by atoms with E-state index in [-0.39, 0.29) is 10.7 Å². The normalized spacial score (nSPS) is 10.9. The maximum absolute atomic E-state index is 10.8. The number of benzene rings is 1. The van der Waals surface area contributed by atoms with Crippen LogP contribution in [0.4, 0.5) is 5.69 Å². The fraction of sp³-hybridized carbons (Fsp3) is 0. The van der Waals surface area contributed by atoms with Gasteiger partial charge in [-0.25, -0.2) is 4.98 Å². The van der Waals surface area contributed by atoms with Crippen LogP contribution in [-0.2, 0) is 0 Å². The minimum absolute atomic E-state index is 0.106. The lowest BCUT2D eigenvalue weighted by molar-refractivity contribution is -0.384. The topological polar surface area (TPSA) is 60.4 Å². The lowest BCUT2D eigenvalue weighted by atomic mass is 10.1. The first-order chi connectivity index (χ1) is 8.65. The Labute approximate surface area is 110 Å². The number of nitro groups is 1. The summed E-state index contributed by atoms with van der Waals surface area (Å²) in [5.41, 5.74) is 1.27. The summed E-state index contributed by atoms with van der Waals surface area (Å²) in [6.45, 7) is 0. The number of rotatable bonds is 2. The lowest BCUT2D eigenvalue weighted by Gasteiger charge is -1.98. The van der Waals surface area contributed by atoms with Crippen molar-refractivity contribution in [2.24, 2.45) is 0 Å². The summed E-state index contributed by atoms with van der Waals surface area (Å²) in [5, 5.41) is 12.9. The summed E-state index contributed by atoms with van der Waals surface area (Å²) in [5.74, 6) is 0. The van der Waals surface area contributed by atoms with Crippen LogP contribution in [-0.4, -0.2) is 14.3 Å². The zero-order valence-corrected chi connectivity index (χ0v) is 10.5. The van der Waals surface area contributed by atoms with Crippen molar-refractivity contribution in [3.63, 3.8) is 0 Å². The maximum Gasteiger partial charge on any atom is 0.288 e. The van der Waals surface area contributed by atoms with Crippen LogP contribution in [0.25, 0.3) is 16.2 Å². The van der Waals surface area contributed by atoms with Crippen LogP contribution in [0.5, 0.6) is 0 Å². The third kappa shape index (κ3) is 1.75. The summed E-state index contributed by atoms with van der Waals surface area (Å²) in [4.78, 5) is 15.6. The molecule has 0 N–H and O–H groups in total. The highest BCUT2D eigenvalue weighted by molar-refractivity contribution is 7.15. The van der Waals surface area contributed by atoms with Gasteiger partial charge >= 0.3 is 0 Å². The van der Waals surface area contributed by atoms with Gasteiger partial charge in [0.1, 0.15) is 5.02 Å². The first-order valence-corrected chi connectivity index (χ1v) is 6.27. The van der Waals surface area contributed by atoms with Gasteiger partial charge in [-0.3, -0.25) is 14.5 Å². The second-order valence-electron chi connectivity index (χ2n) is 3.64. The van der Waals surface area contributed by atoms with Gasteiger partial charge in [0.15, 0.2) is 4.96 Å². The highest BCUT2D eigenvalue weighted by Crippen LogP contribution is 2.30. The number of hydrogen-bond acceptors (Lipinski definition) is 4. The van der Waals surface area contributed by atoms with Gasteiger partial charge < -0.3 is 0 Å². The number of hydrogen-bond donors (Lipinski definition) is 0. The minimum atomic E-state index is -0.496. The van der Waals surface area contributed by atoms with Crippen molar-refractivity contribution < 1.29 is 4.92 Å². The summed E-state index contributed by atoms with van der Waals surface area (Å²) in [6, 6.07) is 4.68. The van der Waals surface area contributed by atoms with Crippen molar-refractivity contribution in [3.8, 4) is 11.3 Å². The summed E-state index contributed by atoms with van der Waals surface area (Å²) < 4.78 is 1.88. The Bertz CT molecular complexity index is 721. The molecule has 0 aliphatic heterocycles. The molecule has 0 aliphatic carbocycles. The van der Waals surface area contributed by atoms with Crippen LogP contribution in [0, 0.1) is 10.1 Å². The summed E-state index contributed by atoms with van der Waals surface area (Å²) in [6.07, 6.45) is 3.72. The van der Waals surface area contributed by atoms with Crippen molar-refractivity contribution in [3.05, 3.63) is 51.1 Å². The number of aromatic nitrogens is 2. The Hall–Kier alpha value is -1.92. The zero-order chi connectivity index (χ0) is 12.7. The van der Waals surface area contributed by atoms with Gasteiger partial charge in [0, 0.05) is 29.4 Å². The summed E-state index contributed by atoms with van der Waals surface area (Å²) in [7, 11) is 0. The standard InChI is InChI=1S/C11H6ClN3O2S/c12-8-2-1-7(5-10(8)15(16)17)9-6-14-3-4-18-11(14)13-9/h1-6H. The van der Waals surface area contributed by atoms with Gasteiger partial charge in [0.05, 0.1) is 10.6 Å². The Morgan fingerprint density at radius 3 is 3.00 bits per heavy atom. The molecule has 5 nitrogen and oxygen atoms in total. The molecule has 0 spiro atoms. The van der Waals surface area contributed by atoms with Crippen LogP contribution in [0.15, 0.2) is 36.0 Å². The van der Waals surface area contributed by atoms with Gasteiger partial charge in [-0.1, -0.05) is 17.7 Å². The highest BCUT2D eigenvalue weighted by Gasteiger charge is 2.15. The lowest BCUT2D eigenvalue weighted by Crippen LogP contribution is -1.90. The third-order valence-electron chi connectivity index (χ3n) is 2.53. The average Bonchev–Trinajstić information content (AvgIpc) is 2.89. The predicted octanol–water partition coefficient (Wildman–Crippen LogP) is 3.62. The van der Waals surface area contributed by atoms with E-state index in [4.69, 9.17) is 11.6 Å². The predicted molar refractivity (Wildman–Crippen MR) is 70.2 cm³/mol. The molecule has 3 rings (SSSR count). The molecule has 7 heteroatoms. The van der Waals surface area contributed by atoms with Crippen molar-refractivity contribution in [2.45, 2.75) is 0 Å². The largest absolute Gasteiger partial charge is 0.297 e. The van der Waals surface area contributed by atoms with Gasteiger partial charge in [-0.2, -0.15) is 0 Å². The van der Waals surface area contributed by atoms with Gasteiger partial charge in [-0.15, -0.1) is 11.3 Å². The van der Waals surface area contributed by atoms with Gasteiger partial charge in [-0.05, 0) is 6.07 Å². The SMILES string of the molecule is O=[N+]([O-])c1cc(-c2cn3ccsc3n2)ccc1Cl. The van der Waals surface area contributed by atoms with Crippen LogP contribution < -0.4 is 0 Å². The fourth-order valence-corrected chi connectivity index (χ4v) is 2.57. The molecule has 0 atom stereocenters. The van der Waals surface area contributed by atoms with E-state index in [1.807, 2.05) is 22.2 Å². The van der Waals surface area contributed by atoms with Crippen LogP contribution in [0.3, 0.4) is 0 Å². The van der Waals surface area contributed by atoms with E-state index in [1.54, 1.807) is 6.07 Å². The van der Waals surface area contributed by atoms with E-state index in [0.29, 0.717) is 11.3 Å². The Balaban J connectivity index is 2.14. The third-order valence-corrected chi connectivity index (χ3v) is 3.62. The van der Waals surface area contributed by atoms with E-state index >= 15 is 0 Å². The van der Waals surface area contributed by atoms with E-state index < -0.39 is 4.92 Å². The molecule has 1 aromatic carbocycles. The Morgan fingerprint density at radius 2 is 2.28 bits per heavy atom. The number of halogens is 1. The second-order valence-corrected chi connectivity index (χ2v) is 4.92. The smallest absolute Gasteiger partial charge is 0.288 e. The Morgan fingerprint density at radius 1 is 1.44 bits per heavy atom. The number of nitro benzene ring substituents is 1. The molecule has 0 bridgehead atoms. The molecular weight excluding hydrogens is 274 g/mol. The van der Waals surface area contributed by atoms with Crippen molar-refractivity contribution in [1.82, 2.24) is 9.38 Å². The van der Waals surface area contributed by atoms with E-state index in [0.717, 1.165) is 4.96 Å². The molecule has 90 valence electrons. The average molecular weight is 280 g/mol. The molecule has 18 heavy (non-hydrogen) atoms. The molecule has 0 amide bonds. The molecule has 0 aliphatic rings. The van der Waals surface area contributed by atoms with Crippen molar-refractivity contribution >= 4 is 33.6 Å². The first-order valence-electron chi connectivity index (χ1n) is 5.01. The number of thiazole rings is 1. The van der Waals surface area contributed by atoms with Crippen LogP contribution >= 0.6 is 22.9 Å². The minimum Gasteiger partial charge on any atom is -0.297 e. The van der Waals surface area contributed by atoms with Crippen molar-refractivity contribution in [1.29, 1.82) is 0 Å².